The minimum absolute atomic E-state index is 0.114. The first-order chi connectivity index (χ1) is 11.3. The molecule has 1 amide bonds. The molecule has 0 fully saturated rings. The van der Waals surface area contributed by atoms with E-state index >= 15 is 0 Å². The summed E-state index contributed by atoms with van der Waals surface area (Å²) in [4.78, 5) is 15.8. The van der Waals surface area contributed by atoms with Gasteiger partial charge in [-0.3, -0.25) is 4.79 Å². The van der Waals surface area contributed by atoms with E-state index in [2.05, 4.69) is 10.1 Å². The first kappa shape index (κ1) is 16.5. The number of sulfonamides is 1. The highest BCUT2D eigenvalue weighted by molar-refractivity contribution is 8.42. The summed E-state index contributed by atoms with van der Waals surface area (Å²) < 4.78 is 32.8. The first-order valence-electron chi connectivity index (χ1n) is 6.49. The molecule has 2 aliphatic heterocycles. The Morgan fingerprint density at radius 3 is 2.58 bits per heavy atom. The number of aliphatic imine (C=N–C) groups is 1. The van der Waals surface area contributed by atoms with E-state index in [4.69, 9.17) is 14.6 Å². The molecular formula is C13H12N4O5S2. The van der Waals surface area contributed by atoms with Crippen molar-refractivity contribution in [2.75, 3.05) is 14.2 Å². The van der Waals surface area contributed by atoms with Gasteiger partial charge < -0.3 is 9.47 Å². The molecule has 0 saturated carbocycles. The van der Waals surface area contributed by atoms with E-state index < -0.39 is 15.9 Å². The molecule has 2 N–H and O–H groups in total. The highest BCUT2D eigenvalue weighted by atomic mass is 32.3. The minimum Gasteiger partial charge on any atom is -0.493 e. The highest BCUT2D eigenvalue weighted by Crippen LogP contribution is 2.34. The van der Waals surface area contributed by atoms with Gasteiger partial charge in [-0.05, 0) is 35.5 Å². The number of methoxy groups -OCH3 is 2. The summed E-state index contributed by atoms with van der Waals surface area (Å²) >= 11 is 0.727. The Bertz CT molecular complexity index is 920. The normalized spacial score (nSPS) is 18.5. The first-order valence-corrected chi connectivity index (χ1v) is 8.86. The maximum absolute atomic E-state index is 12.0. The molecule has 11 heteroatoms. The molecule has 0 saturated heterocycles. The summed E-state index contributed by atoms with van der Waals surface area (Å²) in [6.07, 6.45) is 1.52. The average molecular weight is 368 g/mol. The number of nitrogens with two attached hydrogens (primary N) is 1. The van der Waals surface area contributed by atoms with Crippen LogP contribution in [-0.2, 0) is 14.8 Å². The van der Waals surface area contributed by atoms with Gasteiger partial charge in [-0.2, -0.15) is 4.99 Å². The lowest BCUT2D eigenvalue weighted by Crippen LogP contribution is -2.20. The number of nitrogens with zero attached hydrogens (tertiary/aromatic N) is 3. The van der Waals surface area contributed by atoms with Crippen LogP contribution in [0.25, 0.3) is 6.08 Å². The van der Waals surface area contributed by atoms with Crippen molar-refractivity contribution in [2.45, 2.75) is 0 Å². The van der Waals surface area contributed by atoms with Crippen molar-refractivity contribution in [1.82, 2.24) is 5.01 Å². The topological polar surface area (TPSA) is 124 Å². The third kappa shape index (κ3) is 2.88. The van der Waals surface area contributed by atoms with Crippen molar-refractivity contribution < 1.29 is 22.7 Å². The summed E-state index contributed by atoms with van der Waals surface area (Å²) in [5.41, 5.74) is 0.750. The minimum atomic E-state index is -3.96. The zero-order chi connectivity index (χ0) is 17.5. The molecule has 9 nitrogen and oxygen atoms in total. The number of carbonyl (C=O) groups is 1. The molecular weight excluding hydrogens is 356 g/mol. The fourth-order valence-electron chi connectivity index (χ4n) is 2.07. The second-order valence-electron chi connectivity index (χ2n) is 4.67. The molecule has 0 spiro atoms. The summed E-state index contributed by atoms with van der Waals surface area (Å²) in [6.45, 7) is 0. The van der Waals surface area contributed by atoms with Gasteiger partial charge in [-0.15, -0.1) is 5.10 Å². The molecule has 0 unspecified atom stereocenters. The maximum atomic E-state index is 12.0. The van der Waals surface area contributed by atoms with Crippen LogP contribution >= 0.6 is 11.8 Å². The number of fused-ring (bicyclic) bond motifs is 1. The van der Waals surface area contributed by atoms with Crippen molar-refractivity contribution in [3.05, 3.63) is 29.5 Å². The number of benzene rings is 1. The van der Waals surface area contributed by atoms with Gasteiger partial charge in [0.25, 0.3) is 15.9 Å². The average Bonchev–Trinajstić information content (AvgIpc) is 3.06. The van der Waals surface area contributed by atoms with Crippen molar-refractivity contribution in [3.63, 3.8) is 0 Å². The predicted molar refractivity (Wildman–Crippen MR) is 89.9 cm³/mol. The van der Waals surface area contributed by atoms with Crippen molar-refractivity contribution in [1.29, 1.82) is 0 Å². The van der Waals surface area contributed by atoms with Gasteiger partial charge in [0.15, 0.2) is 16.7 Å². The lowest BCUT2D eigenvalue weighted by Gasteiger charge is -2.10. The molecule has 3 rings (SSSR count). The number of rotatable bonds is 3. The van der Waals surface area contributed by atoms with Gasteiger partial charge in [-0.25, -0.2) is 18.6 Å². The molecule has 0 atom stereocenters. The van der Waals surface area contributed by atoms with E-state index in [9.17, 15) is 13.2 Å². The number of thioether (sulfide) groups is 1. The van der Waals surface area contributed by atoms with Gasteiger partial charge >= 0.3 is 0 Å². The van der Waals surface area contributed by atoms with Gasteiger partial charge in [-0.1, -0.05) is 6.07 Å². The van der Waals surface area contributed by atoms with Crippen LogP contribution in [0.1, 0.15) is 5.56 Å². The number of hydrazone groups is 1. The van der Waals surface area contributed by atoms with Crippen molar-refractivity contribution in [3.8, 4) is 11.5 Å². The molecule has 0 bridgehead atoms. The quantitative estimate of drug-likeness (QED) is 0.773. The van der Waals surface area contributed by atoms with E-state index in [0.717, 1.165) is 16.8 Å². The van der Waals surface area contributed by atoms with E-state index in [1.165, 1.54) is 20.3 Å². The Labute approximate surface area is 141 Å². The Balaban J connectivity index is 1.99. The fourth-order valence-corrected chi connectivity index (χ4v) is 3.58. The van der Waals surface area contributed by atoms with E-state index in [0.29, 0.717) is 17.1 Å². The van der Waals surface area contributed by atoms with E-state index in [1.807, 2.05) is 0 Å². The molecule has 1 aromatic carbocycles. The molecule has 0 aliphatic carbocycles. The summed E-state index contributed by atoms with van der Waals surface area (Å²) in [6, 6.07) is 5.07. The smallest absolute Gasteiger partial charge is 0.298 e. The summed E-state index contributed by atoms with van der Waals surface area (Å²) in [5, 5.41) is 10.2. The highest BCUT2D eigenvalue weighted by Gasteiger charge is 2.39. The standard InChI is InChI=1S/C13H12N4O5S2/c1-21-9-4-3-7(6-10(9)22-2)5-8-11(18)15-12-17(8)16-13(23-12)24(14,19)20/h3-6H,1-2H3,(H2,14,19,20)/b8-5+. The second-order valence-corrected chi connectivity index (χ2v) is 7.36. The Hall–Kier alpha value is -2.37. The zero-order valence-corrected chi connectivity index (χ0v) is 14.2. The second kappa shape index (κ2) is 5.92. The molecule has 24 heavy (non-hydrogen) atoms. The summed E-state index contributed by atoms with van der Waals surface area (Å²) in [5.74, 6) is 0.507. The largest absolute Gasteiger partial charge is 0.493 e. The lowest BCUT2D eigenvalue weighted by molar-refractivity contribution is -0.114. The van der Waals surface area contributed by atoms with Gasteiger partial charge in [0.05, 0.1) is 14.2 Å². The van der Waals surface area contributed by atoms with E-state index in [1.54, 1.807) is 18.2 Å². The van der Waals surface area contributed by atoms with Crippen LogP contribution in [0.15, 0.2) is 34.0 Å². The van der Waals surface area contributed by atoms with Crippen molar-refractivity contribution >= 4 is 43.3 Å². The molecule has 2 aliphatic rings. The number of hydrogen-bond donors (Lipinski definition) is 1. The SMILES string of the molecule is COc1ccc(/C=C2\C(=O)N=C3SC(S(N)(=O)=O)=NN32)cc1OC. The maximum Gasteiger partial charge on any atom is 0.298 e. The molecule has 2 heterocycles. The van der Waals surface area contributed by atoms with Crippen LogP contribution in [0.2, 0.25) is 0 Å². The Morgan fingerprint density at radius 2 is 1.96 bits per heavy atom. The Kier molecular flexibility index (Phi) is 4.07. The van der Waals surface area contributed by atoms with Gasteiger partial charge in [0.2, 0.25) is 4.38 Å². The van der Waals surface area contributed by atoms with E-state index in [-0.39, 0.29) is 15.2 Å². The lowest BCUT2D eigenvalue weighted by atomic mass is 10.1. The third-order valence-electron chi connectivity index (χ3n) is 3.14. The van der Waals surface area contributed by atoms with Gasteiger partial charge in [0, 0.05) is 0 Å². The van der Waals surface area contributed by atoms with Crippen LogP contribution in [0.5, 0.6) is 11.5 Å². The number of amidine groups is 1. The molecule has 1 aromatic rings. The number of carbonyl (C=O) groups excluding carboxylic acids is 1. The molecule has 0 radical (unpaired) electrons. The van der Waals surface area contributed by atoms with Crippen LogP contribution in [0.3, 0.4) is 0 Å². The molecule has 0 aromatic heterocycles. The fraction of sp³-hybridized carbons (Fsp3) is 0.154. The van der Waals surface area contributed by atoms with Crippen LogP contribution in [0, 0.1) is 0 Å². The summed E-state index contributed by atoms with van der Waals surface area (Å²) in [7, 11) is -0.951. The number of ether oxygens (including phenoxy) is 2. The zero-order valence-electron chi connectivity index (χ0n) is 12.6. The van der Waals surface area contributed by atoms with Crippen LogP contribution in [-0.4, -0.2) is 43.1 Å². The van der Waals surface area contributed by atoms with Crippen LogP contribution in [0.4, 0.5) is 0 Å². The number of amides is 1. The number of primary sulfonamides is 1. The Morgan fingerprint density at radius 1 is 1.25 bits per heavy atom. The molecule has 126 valence electrons. The predicted octanol–water partition coefficient (Wildman–Crippen LogP) is 0.549. The third-order valence-corrected chi connectivity index (χ3v) is 5.36. The van der Waals surface area contributed by atoms with Crippen molar-refractivity contribution in [2.24, 2.45) is 15.2 Å². The number of hydrogen-bond acceptors (Lipinski definition) is 8. The van der Waals surface area contributed by atoms with Gasteiger partial charge in [0.1, 0.15) is 5.70 Å². The van der Waals surface area contributed by atoms with Crippen LogP contribution < -0.4 is 14.6 Å². The monoisotopic (exact) mass is 368 g/mol.